The summed E-state index contributed by atoms with van der Waals surface area (Å²) in [5, 5.41) is 6.51. The Morgan fingerprint density at radius 2 is 2.21 bits per heavy atom. The van der Waals surface area contributed by atoms with Crippen LogP contribution in [0.5, 0.6) is 0 Å². The lowest BCUT2D eigenvalue weighted by Crippen LogP contribution is -2.18. The summed E-state index contributed by atoms with van der Waals surface area (Å²) in [6, 6.07) is 4.38. The van der Waals surface area contributed by atoms with Crippen LogP contribution in [-0.2, 0) is 7.05 Å². The van der Waals surface area contributed by atoms with E-state index in [0.29, 0.717) is 10.2 Å². The number of nitrogen functional groups attached to an aromatic ring is 1. The molecule has 0 saturated carbocycles. The van der Waals surface area contributed by atoms with Gasteiger partial charge >= 0.3 is 0 Å². The van der Waals surface area contributed by atoms with Crippen molar-refractivity contribution in [3.8, 4) is 0 Å². The van der Waals surface area contributed by atoms with Crippen molar-refractivity contribution in [1.29, 1.82) is 0 Å². The molecule has 0 aliphatic carbocycles. The van der Waals surface area contributed by atoms with Crippen LogP contribution in [0.15, 0.2) is 22.7 Å². The molecule has 3 N–H and O–H groups in total. The fraction of sp³-hybridized carbons (Fsp3) is 0.167. The summed E-state index contributed by atoms with van der Waals surface area (Å²) in [6.07, 6.45) is 0. The van der Waals surface area contributed by atoms with Gasteiger partial charge in [0, 0.05) is 11.5 Å². The number of hydrogen-bond acceptors (Lipinski definition) is 3. The predicted molar refractivity (Wildman–Crippen MR) is 74.4 cm³/mol. The minimum atomic E-state index is -0.528. The zero-order valence-corrected chi connectivity index (χ0v) is 12.0. The molecule has 5 nitrogen and oxygen atoms in total. The molecule has 0 radical (unpaired) electrons. The normalized spacial score (nSPS) is 10.5. The van der Waals surface area contributed by atoms with Gasteiger partial charge in [-0.2, -0.15) is 5.10 Å². The van der Waals surface area contributed by atoms with Gasteiger partial charge in [0.25, 0.3) is 5.91 Å². The first-order chi connectivity index (χ1) is 8.90. The second-order valence-electron chi connectivity index (χ2n) is 4.05. The van der Waals surface area contributed by atoms with Crippen LogP contribution in [0.25, 0.3) is 0 Å². The van der Waals surface area contributed by atoms with Crippen LogP contribution in [-0.4, -0.2) is 15.7 Å². The van der Waals surface area contributed by atoms with Crippen LogP contribution in [0, 0.1) is 12.7 Å². The predicted octanol–water partition coefficient (Wildman–Crippen LogP) is 2.46. The monoisotopic (exact) mass is 326 g/mol. The molecular formula is C12H12BrFN4O. The van der Waals surface area contributed by atoms with Gasteiger partial charge in [0.05, 0.1) is 17.1 Å². The Labute approximate surface area is 117 Å². The van der Waals surface area contributed by atoms with E-state index >= 15 is 0 Å². The molecule has 1 aromatic carbocycles. The summed E-state index contributed by atoms with van der Waals surface area (Å²) < 4.78 is 15.6. The Hall–Kier alpha value is -1.89. The summed E-state index contributed by atoms with van der Waals surface area (Å²) >= 11 is 3.15. The minimum absolute atomic E-state index is 0.0893. The Morgan fingerprint density at radius 1 is 1.53 bits per heavy atom. The first-order valence-electron chi connectivity index (χ1n) is 5.45. The average molecular weight is 327 g/mol. The zero-order valence-electron chi connectivity index (χ0n) is 10.4. The lowest BCUT2D eigenvalue weighted by molar-refractivity contribution is 0.101. The molecule has 1 heterocycles. The molecule has 0 fully saturated rings. The van der Waals surface area contributed by atoms with Crippen LogP contribution >= 0.6 is 15.9 Å². The van der Waals surface area contributed by atoms with E-state index in [1.165, 1.54) is 16.8 Å². The van der Waals surface area contributed by atoms with Crippen molar-refractivity contribution in [3.63, 3.8) is 0 Å². The van der Waals surface area contributed by atoms with Crippen LogP contribution in [0.4, 0.5) is 15.8 Å². The van der Waals surface area contributed by atoms with E-state index in [-0.39, 0.29) is 17.1 Å². The maximum absolute atomic E-state index is 13.6. The fourth-order valence-electron chi connectivity index (χ4n) is 1.72. The number of halogens is 2. The van der Waals surface area contributed by atoms with Crippen LogP contribution in [0.1, 0.15) is 16.2 Å². The largest absolute Gasteiger partial charge is 0.395 e. The number of rotatable bonds is 2. The lowest BCUT2D eigenvalue weighted by Gasteiger charge is -2.07. The van der Waals surface area contributed by atoms with Gasteiger partial charge in [-0.1, -0.05) is 15.9 Å². The molecule has 1 aromatic heterocycles. The number of nitrogens with two attached hydrogens (primary N) is 1. The number of carbonyl (C=O) groups is 1. The first-order valence-corrected chi connectivity index (χ1v) is 6.25. The van der Waals surface area contributed by atoms with E-state index in [9.17, 15) is 9.18 Å². The van der Waals surface area contributed by atoms with Crippen LogP contribution < -0.4 is 11.1 Å². The molecule has 100 valence electrons. The third-order valence-electron chi connectivity index (χ3n) is 2.66. The SMILES string of the molecule is Cc1nn(C)c(C(=O)Nc2ccc(Br)cc2F)c1N. The number of aryl methyl sites for hydroxylation is 2. The van der Waals surface area contributed by atoms with Crippen molar-refractivity contribution in [3.05, 3.63) is 39.9 Å². The van der Waals surface area contributed by atoms with E-state index in [1.807, 2.05) is 0 Å². The van der Waals surface area contributed by atoms with Crippen molar-refractivity contribution in [2.45, 2.75) is 6.92 Å². The molecule has 0 bridgehead atoms. The molecule has 0 spiro atoms. The van der Waals surface area contributed by atoms with E-state index < -0.39 is 11.7 Å². The Bertz CT molecular complexity index is 653. The van der Waals surface area contributed by atoms with Crippen molar-refractivity contribution >= 4 is 33.2 Å². The molecule has 1 amide bonds. The molecule has 0 saturated heterocycles. The van der Waals surface area contributed by atoms with Gasteiger partial charge in [0.15, 0.2) is 0 Å². The van der Waals surface area contributed by atoms with Crippen molar-refractivity contribution in [2.75, 3.05) is 11.1 Å². The number of amides is 1. The molecular weight excluding hydrogens is 315 g/mol. The van der Waals surface area contributed by atoms with Crippen LogP contribution in [0.2, 0.25) is 0 Å². The molecule has 0 aliphatic rings. The molecule has 7 heteroatoms. The highest BCUT2D eigenvalue weighted by Crippen LogP contribution is 2.21. The second-order valence-corrected chi connectivity index (χ2v) is 4.97. The maximum Gasteiger partial charge on any atom is 0.276 e. The van der Waals surface area contributed by atoms with Crippen molar-refractivity contribution < 1.29 is 9.18 Å². The number of aromatic nitrogens is 2. The van der Waals surface area contributed by atoms with Crippen LogP contribution in [0.3, 0.4) is 0 Å². The highest BCUT2D eigenvalue weighted by atomic mass is 79.9. The Morgan fingerprint density at radius 3 is 2.74 bits per heavy atom. The van der Waals surface area contributed by atoms with E-state index in [0.717, 1.165) is 0 Å². The molecule has 2 rings (SSSR count). The highest BCUT2D eigenvalue weighted by Gasteiger charge is 2.19. The van der Waals surface area contributed by atoms with Gasteiger partial charge in [-0.05, 0) is 25.1 Å². The summed E-state index contributed by atoms with van der Waals surface area (Å²) in [7, 11) is 1.61. The number of nitrogens with zero attached hydrogens (tertiary/aromatic N) is 2. The number of nitrogens with one attached hydrogen (secondary N) is 1. The molecule has 0 unspecified atom stereocenters. The maximum atomic E-state index is 13.6. The Balaban J connectivity index is 2.31. The molecule has 0 atom stereocenters. The summed E-state index contributed by atoms with van der Waals surface area (Å²) in [5.74, 6) is -1.03. The third-order valence-corrected chi connectivity index (χ3v) is 3.16. The van der Waals surface area contributed by atoms with Gasteiger partial charge in [-0.3, -0.25) is 9.48 Å². The van der Waals surface area contributed by atoms with Gasteiger partial charge in [0.2, 0.25) is 0 Å². The summed E-state index contributed by atoms with van der Waals surface area (Å²) in [5.41, 5.74) is 6.92. The number of anilines is 2. The molecule has 0 aliphatic heterocycles. The lowest BCUT2D eigenvalue weighted by atomic mass is 10.2. The number of carbonyl (C=O) groups excluding carboxylic acids is 1. The Kier molecular flexibility index (Phi) is 3.57. The summed E-state index contributed by atoms with van der Waals surface area (Å²) in [6.45, 7) is 1.70. The van der Waals surface area contributed by atoms with Crippen molar-refractivity contribution in [1.82, 2.24) is 9.78 Å². The van der Waals surface area contributed by atoms with Crippen molar-refractivity contribution in [2.24, 2.45) is 7.05 Å². The van der Waals surface area contributed by atoms with Gasteiger partial charge in [-0.15, -0.1) is 0 Å². The zero-order chi connectivity index (χ0) is 14.2. The summed E-state index contributed by atoms with van der Waals surface area (Å²) in [4.78, 5) is 12.1. The topological polar surface area (TPSA) is 72.9 Å². The molecule has 19 heavy (non-hydrogen) atoms. The van der Waals surface area contributed by atoms with E-state index in [1.54, 1.807) is 20.0 Å². The quantitative estimate of drug-likeness (QED) is 0.890. The van der Waals surface area contributed by atoms with E-state index in [2.05, 4.69) is 26.3 Å². The fourth-order valence-corrected chi connectivity index (χ4v) is 2.05. The first kappa shape index (κ1) is 13.5. The van der Waals surface area contributed by atoms with Gasteiger partial charge in [-0.25, -0.2) is 4.39 Å². The second kappa shape index (κ2) is 5.00. The number of hydrogen-bond donors (Lipinski definition) is 2. The van der Waals surface area contributed by atoms with E-state index in [4.69, 9.17) is 5.73 Å². The number of benzene rings is 1. The third kappa shape index (κ3) is 2.60. The standard InChI is InChI=1S/C12H12BrFN4O/c1-6-10(15)11(18(2)17-6)12(19)16-9-4-3-7(13)5-8(9)14/h3-5H,15H2,1-2H3,(H,16,19). The smallest absolute Gasteiger partial charge is 0.276 e. The average Bonchev–Trinajstić information content (AvgIpc) is 2.57. The van der Waals surface area contributed by atoms with Gasteiger partial charge < -0.3 is 11.1 Å². The minimum Gasteiger partial charge on any atom is -0.395 e. The van der Waals surface area contributed by atoms with Gasteiger partial charge in [0.1, 0.15) is 11.5 Å². The molecule has 2 aromatic rings. The highest BCUT2D eigenvalue weighted by molar-refractivity contribution is 9.10.